The van der Waals surface area contributed by atoms with Crippen LogP contribution in [-0.2, 0) is 6.42 Å². The fourth-order valence-electron chi connectivity index (χ4n) is 2.29. The maximum absolute atomic E-state index is 5.41. The van der Waals surface area contributed by atoms with E-state index < -0.39 is 0 Å². The van der Waals surface area contributed by atoms with Crippen molar-refractivity contribution in [1.82, 2.24) is 15.5 Å². The van der Waals surface area contributed by atoms with Crippen LogP contribution in [-0.4, -0.2) is 22.7 Å². The van der Waals surface area contributed by atoms with Crippen LogP contribution in [0.3, 0.4) is 0 Å². The van der Waals surface area contributed by atoms with Gasteiger partial charge in [-0.25, -0.2) is 0 Å². The smallest absolute Gasteiger partial charge is 0.228 e. The fraction of sp³-hybridized carbons (Fsp3) is 0.571. The number of nitrogens with zero attached hydrogens (tertiary/aromatic N) is 2. The summed E-state index contributed by atoms with van der Waals surface area (Å²) in [5, 5.41) is 7.69. The molecule has 0 amide bonds. The summed E-state index contributed by atoms with van der Waals surface area (Å²) in [5.41, 5.74) is 0. The Balaban J connectivity index is 1.66. The van der Waals surface area contributed by atoms with E-state index in [-0.39, 0.29) is 0 Å². The number of rotatable bonds is 7. The van der Waals surface area contributed by atoms with Crippen LogP contribution in [0, 0.1) is 5.92 Å². The molecule has 0 aromatic carbocycles. The molecule has 1 unspecified atom stereocenters. The first-order chi connectivity index (χ1) is 9.76. The highest BCUT2D eigenvalue weighted by Gasteiger charge is 2.32. The zero-order chi connectivity index (χ0) is 13.9. The van der Waals surface area contributed by atoms with Gasteiger partial charge in [0.15, 0.2) is 0 Å². The summed E-state index contributed by atoms with van der Waals surface area (Å²) in [6.07, 6.45) is 4.63. The molecule has 2 aromatic heterocycles. The second-order valence-corrected chi connectivity index (χ2v) is 7.68. The van der Waals surface area contributed by atoms with Crippen molar-refractivity contribution in [3.63, 3.8) is 0 Å². The van der Waals surface area contributed by atoms with Crippen LogP contribution in [0.15, 0.2) is 20.4 Å². The van der Waals surface area contributed by atoms with E-state index in [9.17, 15) is 0 Å². The second-order valence-electron chi connectivity index (χ2n) is 5.22. The van der Waals surface area contributed by atoms with E-state index >= 15 is 0 Å². The van der Waals surface area contributed by atoms with Gasteiger partial charge in [-0.15, -0.1) is 11.3 Å². The molecule has 0 radical (unpaired) electrons. The van der Waals surface area contributed by atoms with Crippen molar-refractivity contribution < 1.29 is 4.52 Å². The Morgan fingerprint density at radius 1 is 1.50 bits per heavy atom. The lowest BCUT2D eigenvalue weighted by atomic mass is 10.1. The van der Waals surface area contributed by atoms with Gasteiger partial charge in [0.2, 0.25) is 11.7 Å². The van der Waals surface area contributed by atoms with Crippen LogP contribution >= 0.6 is 27.3 Å². The molecule has 4 nitrogen and oxygen atoms in total. The van der Waals surface area contributed by atoms with Gasteiger partial charge in [-0.05, 0) is 59.8 Å². The minimum Gasteiger partial charge on any atom is -0.339 e. The Labute approximate surface area is 131 Å². The Kier molecular flexibility index (Phi) is 4.53. The Morgan fingerprint density at radius 3 is 3.00 bits per heavy atom. The van der Waals surface area contributed by atoms with Gasteiger partial charge in [0, 0.05) is 12.5 Å². The number of hydrogen-bond donors (Lipinski definition) is 1. The summed E-state index contributed by atoms with van der Waals surface area (Å²) < 4.78 is 6.49. The normalized spacial score (nSPS) is 16.5. The molecule has 1 aliphatic rings. The van der Waals surface area contributed by atoms with Crippen molar-refractivity contribution >= 4 is 27.3 Å². The van der Waals surface area contributed by atoms with E-state index in [4.69, 9.17) is 4.52 Å². The number of thiophene rings is 1. The third kappa shape index (κ3) is 3.48. The molecule has 1 atom stereocenters. The summed E-state index contributed by atoms with van der Waals surface area (Å²) in [5.74, 6) is 2.22. The lowest BCUT2D eigenvalue weighted by Crippen LogP contribution is -2.33. The van der Waals surface area contributed by atoms with Crippen molar-refractivity contribution in [1.29, 1.82) is 0 Å². The van der Waals surface area contributed by atoms with Gasteiger partial charge in [0.1, 0.15) is 0 Å². The maximum Gasteiger partial charge on any atom is 0.228 e. The zero-order valence-corrected chi connectivity index (χ0v) is 13.8. The SMILES string of the molecule is CCCNC(Cc1nc(-c2ccc(Br)s2)no1)C1CC1. The highest BCUT2D eigenvalue weighted by Crippen LogP contribution is 2.34. The third-order valence-corrected chi connectivity index (χ3v) is 5.12. The highest BCUT2D eigenvalue weighted by atomic mass is 79.9. The predicted octanol–water partition coefficient (Wildman–Crippen LogP) is 3.88. The molecule has 108 valence electrons. The zero-order valence-electron chi connectivity index (χ0n) is 11.4. The second kappa shape index (κ2) is 6.37. The monoisotopic (exact) mass is 355 g/mol. The molecule has 1 N–H and O–H groups in total. The number of hydrogen-bond acceptors (Lipinski definition) is 5. The predicted molar refractivity (Wildman–Crippen MR) is 83.8 cm³/mol. The summed E-state index contributed by atoms with van der Waals surface area (Å²) in [4.78, 5) is 5.56. The average molecular weight is 356 g/mol. The van der Waals surface area contributed by atoms with Gasteiger partial charge in [0.25, 0.3) is 0 Å². The van der Waals surface area contributed by atoms with Crippen molar-refractivity contribution in [2.75, 3.05) is 6.54 Å². The molecular formula is C14H18BrN3OS. The molecule has 20 heavy (non-hydrogen) atoms. The standard InChI is InChI=1S/C14H18BrN3OS/c1-2-7-16-10(9-3-4-9)8-13-17-14(18-19-13)11-5-6-12(15)20-11/h5-6,9-10,16H,2-4,7-8H2,1H3. The summed E-state index contributed by atoms with van der Waals surface area (Å²) >= 11 is 5.08. The van der Waals surface area contributed by atoms with Crippen molar-refractivity contribution in [3.05, 3.63) is 21.8 Å². The van der Waals surface area contributed by atoms with Gasteiger partial charge in [0.05, 0.1) is 8.66 Å². The highest BCUT2D eigenvalue weighted by molar-refractivity contribution is 9.11. The first-order valence-electron chi connectivity index (χ1n) is 7.08. The number of nitrogens with one attached hydrogen (secondary N) is 1. The van der Waals surface area contributed by atoms with E-state index in [1.165, 1.54) is 12.8 Å². The number of aromatic nitrogens is 2. The minimum absolute atomic E-state index is 0.485. The Morgan fingerprint density at radius 2 is 2.35 bits per heavy atom. The first kappa shape index (κ1) is 14.2. The first-order valence-corrected chi connectivity index (χ1v) is 8.69. The molecule has 0 bridgehead atoms. The number of halogens is 1. The molecular weight excluding hydrogens is 338 g/mol. The van der Waals surface area contributed by atoms with Crippen LogP contribution in [0.5, 0.6) is 0 Å². The molecule has 3 rings (SSSR count). The maximum atomic E-state index is 5.41. The molecule has 1 saturated carbocycles. The molecule has 0 spiro atoms. The van der Waals surface area contributed by atoms with Crippen LogP contribution < -0.4 is 5.32 Å². The van der Waals surface area contributed by atoms with Crippen molar-refractivity contribution in [2.24, 2.45) is 5.92 Å². The molecule has 6 heteroatoms. The molecule has 2 heterocycles. The van der Waals surface area contributed by atoms with Crippen LogP contribution in [0.1, 0.15) is 32.1 Å². The van der Waals surface area contributed by atoms with Crippen LogP contribution in [0.2, 0.25) is 0 Å². The largest absolute Gasteiger partial charge is 0.339 e. The van der Waals surface area contributed by atoms with Crippen LogP contribution in [0.25, 0.3) is 10.7 Å². The van der Waals surface area contributed by atoms with Gasteiger partial charge in [-0.3, -0.25) is 0 Å². The summed E-state index contributed by atoms with van der Waals surface area (Å²) in [6.45, 7) is 3.25. The molecule has 2 aromatic rings. The van der Waals surface area contributed by atoms with Gasteiger partial charge < -0.3 is 9.84 Å². The minimum atomic E-state index is 0.485. The van der Waals surface area contributed by atoms with E-state index in [2.05, 4.69) is 38.3 Å². The van der Waals surface area contributed by atoms with E-state index in [0.29, 0.717) is 11.9 Å². The fourth-order valence-corrected chi connectivity index (χ4v) is 3.61. The van der Waals surface area contributed by atoms with Crippen molar-refractivity contribution in [2.45, 2.75) is 38.6 Å². The molecule has 0 saturated heterocycles. The van der Waals surface area contributed by atoms with Gasteiger partial charge in [-0.1, -0.05) is 12.1 Å². The molecule has 1 fully saturated rings. The summed E-state index contributed by atoms with van der Waals surface area (Å²) in [7, 11) is 0. The molecule has 1 aliphatic carbocycles. The quantitative estimate of drug-likeness (QED) is 0.818. The Bertz CT molecular complexity index is 564. The van der Waals surface area contributed by atoms with Gasteiger partial charge >= 0.3 is 0 Å². The molecule has 0 aliphatic heterocycles. The Hall–Kier alpha value is -0.720. The van der Waals surface area contributed by atoms with E-state index in [0.717, 1.165) is 39.9 Å². The van der Waals surface area contributed by atoms with E-state index in [1.54, 1.807) is 11.3 Å². The van der Waals surface area contributed by atoms with Crippen LogP contribution in [0.4, 0.5) is 0 Å². The topological polar surface area (TPSA) is 51.0 Å². The third-order valence-electron chi connectivity index (χ3n) is 3.50. The lowest BCUT2D eigenvalue weighted by Gasteiger charge is -2.15. The van der Waals surface area contributed by atoms with E-state index in [1.807, 2.05) is 12.1 Å². The van der Waals surface area contributed by atoms with Gasteiger partial charge in [-0.2, -0.15) is 4.98 Å². The summed E-state index contributed by atoms with van der Waals surface area (Å²) in [6, 6.07) is 4.50. The lowest BCUT2D eigenvalue weighted by molar-refractivity contribution is 0.346. The van der Waals surface area contributed by atoms with Crippen molar-refractivity contribution in [3.8, 4) is 10.7 Å². The average Bonchev–Trinajstić information content (AvgIpc) is 3.03.